The van der Waals surface area contributed by atoms with Gasteiger partial charge in [0, 0.05) is 0 Å². The molecule has 0 aromatic rings. The maximum Gasteiger partial charge on any atom is 0.0685 e. The molecule has 2 heteroatoms. The van der Waals surface area contributed by atoms with E-state index in [1.807, 2.05) is 0 Å². The normalized spacial score (nSPS) is 8.62. The van der Waals surface area contributed by atoms with Gasteiger partial charge in [-0.15, -0.1) is 11.8 Å². The van der Waals surface area contributed by atoms with Gasteiger partial charge in [-0.25, -0.2) is 0 Å². The molecule has 0 saturated heterocycles. The standard InChI is InChI=1S/C6H11NS/c1-4-8-6(2)5-7-3/h2-5H2,1H3. The van der Waals surface area contributed by atoms with Crippen LogP contribution in [0.2, 0.25) is 0 Å². The Hall–Kier alpha value is -0.240. The first kappa shape index (κ1) is 7.76. The molecule has 0 aliphatic rings. The van der Waals surface area contributed by atoms with Crippen molar-refractivity contribution >= 4 is 18.5 Å². The van der Waals surface area contributed by atoms with Gasteiger partial charge < -0.3 is 0 Å². The zero-order valence-electron chi connectivity index (χ0n) is 5.18. The first-order valence-corrected chi connectivity index (χ1v) is 3.53. The zero-order valence-corrected chi connectivity index (χ0v) is 6.00. The zero-order chi connectivity index (χ0) is 6.41. The molecule has 0 aromatic carbocycles. The van der Waals surface area contributed by atoms with Crippen LogP contribution in [0, 0.1) is 0 Å². The van der Waals surface area contributed by atoms with Crippen LogP contribution < -0.4 is 0 Å². The lowest BCUT2D eigenvalue weighted by molar-refractivity contribution is 1.25. The van der Waals surface area contributed by atoms with Gasteiger partial charge >= 0.3 is 0 Å². The van der Waals surface area contributed by atoms with Crippen LogP contribution in [0.5, 0.6) is 0 Å². The first-order valence-electron chi connectivity index (χ1n) is 2.54. The van der Waals surface area contributed by atoms with Gasteiger partial charge in [0.1, 0.15) is 0 Å². The minimum Gasteiger partial charge on any atom is -0.296 e. The van der Waals surface area contributed by atoms with Crippen LogP contribution in [0.3, 0.4) is 0 Å². The summed E-state index contributed by atoms with van der Waals surface area (Å²) in [5.41, 5.74) is 0. The molecule has 1 nitrogen and oxygen atoms in total. The molecular formula is C6H11NS. The lowest BCUT2D eigenvalue weighted by Crippen LogP contribution is -1.79. The van der Waals surface area contributed by atoms with E-state index < -0.39 is 0 Å². The molecule has 0 atom stereocenters. The van der Waals surface area contributed by atoms with E-state index in [1.54, 1.807) is 11.8 Å². The van der Waals surface area contributed by atoms with Crippen molar-refractivity contribution in [2.75, 3.05) is 12.3 Å². The quantitative estimate of drug-likeness (QED) is 0.528. The Labute approximate surface area is 54.9 Å². The van der Waals surface area contributed by atoms with Gasteiger partial charge in [0.15, 0.2) is 0 Å². The largest absolute Gasteiger partial charge is 0.296 e. The molecule has 0 fully saturated rings. The number of aliphatic imine (C=N–C) groups is 1. The van der Waals surface area contributed by atoms with Crippen LogP contribution in [0.1, 0.15) is 6.92 Å². The summed E-state index contributed by atoms with van der Waals surface area (Å²) in [7, 11) is 0. The summed E-state index contributed by atoms with van der Waals surface area (Å²) in [5, 5.41) is 0. The average molecular weight is 129 g/mol. The van der Waals surface area contributed by atoms with Crippen molar-refractivity contribution in [1.82, 2.24) is 0 Å². The predicted molar refractivity (Wildman–Crippen MR) is 41.7 cm³/mol. The van der Waals surface area contributed by atoms with Crippen molar-refractivity contribution < 1.29 is 0 Å². The third-order valence-corrected chi connectivity index (χ3v) is 1.46. The molecule has 0 unspecified atom stereocenters. The molecule has 0 N–H and O–H groups in total. The van der Waals surface area contributed by atoms with E-state index >= 15 is 0 Å². The topological polar surface area (TPSA) is 12.4 Å². The van der Waals surface area contributed by atoms with Gasteiger partial charge in [0.25, 0.3) is 0 Å². The second kappa shape index (κ2) is 4.91. The van der Waals surface area contributed by atoms with Gasteiger partial charge in [-0.2, -0.15) is 0 Å². The molecule has 0 radical (unpaired) electrons. The molecule has 0 bridgehead atoms. The van der Waals surface area contributed by atoms with E-state index in [1.165, 1.54) is 0 Å². The van der Waals surface area contributed by atoms with Gasteiger partial charge in [0.05, 0.1) is 6.54 Å². The summed E-state index contributed by atoms with van der Waals surface area (Å²) in [6, 6.07) is 0. The van der Waals surface area contributed by atoms with E-state index in [2.05, 4.69) is 25.2 Å². The van der Waals surface area contributed by atoms with Crippen LogP contribution in [0.4, 0.5) is 0 Å². The fourth-order valence-electron chi connectivity index (χ4n) is 0.374. The van der Waals surface area contributed by atoms with E-state index in [9.17, 15) is 0 Å². The smallest absolute Gasteiger partial charge is 0.0685 e. The Balaban J connectivity index is 3.18. The maximum absolute atomic E-state index is 3.76. The molecule has 8 heavy (non-hydrogen) atoms. The fourth-order valence-corrected chi connectivity index (χ4v) is 0.965. The van der Waals surface area contributed by atoms with Crippen molar-refractivity contribution in [3.63, 3.8) is 0 Å². The highest BCUT2D eigenvalue weighted by atomic mass is 32.2. The molecular weight excluding hydrogens is 118 g/mol. The van der Waals surface area contributed by atoms with Crippen LogP contribution >= 0.6 is 11.8 Å². The number of rotatable bonds is 4. The summed E-state index contributed by atoms with van der Waals surface area (Å²) in [5.74, 6) is 1.08. The summed E-state index contributed by atoms with van der Waals surface area (Å²) in [6.45, 7) is 9.91. The van der Waals surface area contributed by atoms with Crippen LogP contribution in [-0.2, 0) is 0 Å². The Morgan fingerprint density at radius 3 is 2.75 bits per heavy atom. The highest BCUT2D eigenvalue weighted by molar-refractivity contribution is 8.03. The van der Waals surface area contributed by atoms with Crippen molar-refractivity contribution in [1.29, 1.82) is 0 Å². The summed E-state index contributed by atoms with van der Waals surface area (Å²) >= 11 is 1.73. The molecule has 46 valence electrons. The number of thioether (sulfide) groups is 1. The minimum atomic E-state index is 0.693. The van der Waals surface area contributed by atoms with Crippen LogP contribution in [-0.4, -0.2) is 19.0 Å². The maximum atomic E-state index is 3.76. The Bertz CT molecular complexity index is 88.5. The SMILES string of the molecule is C=NCC(=C)SCC. The monoisotopic (exact) mass is 129 g/mol. The number of nitrogens with zero attached hydrogens (tertiary/aromatic N) is 1. The van der Waals surface area contributed by atoms with Crippen molar-refractivity contribution in [2.45, 2.75) is 6.92 Å². The Morgan fingerprint density at radius 2 is 2.38 bits per heavy atom. The molecule has 0 aliphatic carbocycles. The third-order valence-electron chi connectivity index (χ3n) is 0.637. The number of hydrogen-bond acceptors (Lipinski definition) is 2. The lowest BCUT2D eigenvalue weighted by atomic mass is 10.6. The van der Waals surface area contributed by atoms with E-state index in [0.29, 0.717) is 6.54 Å². The number of hydrogen-bond donors (Lipinski definition) is 0. The molecule has 0 heterocycles. The van der Waals surface area contributed by atoms with E-state index in [0.717, 1.165) is 10.7 Å². The highest BCUT2D eigenvalue weighted by Gasteiger charge is 1.86. The Kier molecular flexibility index (Phi) is 4.76. The lowest BCUT2D eigenvalue weighted by Gasteiger charge is -1.94. The van der Waals surface area contributed by atoms with Crippen LogP contribution in [0.15, 0.2) is 16.5 Å². The van der Waals surface area contributed by atoms with Gasteiger partial charge in [-0.3, -0.25) is 4.99 Å². The molecule has 0 saturated carbocycles. The second-order valence-electron chi connectivity index (χ2n) is 1.35. The summed E-state index contributed by atoms with van der Waals surface area (Å²) in [6.07, 6.45) is 0. The van der Waals surface area contributed by atoms with Crippen LogP contribution in [0.25, 0.3) is 0 Å². The van der Waals surface area contributed by atoms with Gasteiger partial charge in [0.2, 0.25) is 0 Å². The third kappa shape index (κ3) is 3.93. The van der Waals surface area contributed by atoms with E-state index in [4.69, 9.17) is 0 Å². The molecule has 0 amide bonds. The second-order valence-corrected chi connectivity index (χ2v) is 2.80. The van der Waals surface area contributed by atoms with Gasteiger partial charge in [-0.1, -0.05) is 13.5 Å². The fraction of sp³-hybridized carbons (Fsp3) is 0.500. The molecule has 0 aromatic heterocycles. The summed E-state index contributed by atoms with van der Waals surface area (Å²) in [4.78, 5) is 4.78. The average Bonchev–Trinajstić information content (AvgIpc) is 1.68. The van der Waals surface area contributed by atoms with Crippen molar-refractivity contribution in [3.8, 4) is 0 Å². The predicted octanol–water partition coefficient (Wildman–Crippen LogP) is 1.95. The Morgan fingerprint density at radius 1 is 1.75 bits per heavy atom. The summed E-state index contributed by atoms with van der Waals surface area (Å²) < 4.78 is 0. The molecule has 0 spiro atoms. The van der Waals surface area contributed by atoms with Gasteiger partial charge in [-0.05, 0) is 17.4 Å². The molecule has 0 rings (SSSR count). The van der Waals surface area contributed by atoms with Crippen molar-refractivity contribution in [3.05, 3.63) is 11.5 Å². The van der Waals surface area contributed by atoms with E-state index in [-0.39, 0.29) is 0 Å². The molecule has 0 aliphatic heterocycles. The minimum absolute atomic E-state index is 0.693. The first-order chi connectivity index (χ1) is 3.81. The highest BCUT2D eigenvalue weighted by Crippen LogP contribution is 2.11. The van der Waals surface area contributed by atoms with Crippen molar-refractivity contribution in [2.24, 2.45) is 4.99 Å².